The first-order valence-electron chi connectivity index (χ1n) is 6.89. The quantitative estimate of drug-likeness (QED) is 0.850. The molecule has 1 fully saturated rings. The van der Waals surface area contributed by atoms with Gasteiger partial charge in [0, 0.05) is 26.2 Å². The summed E-state index contributed by atoms with van der Waals surface area (Å²) in [5.41, 5.74) is 6.73. The third-order valence-electron chi connectivity index (χ3n) is 3.72. The van der Waals surface area contributed by atoms with E-state index in [0.717, 1.165) is 24.8 Å². The number of nitrogens with zero attached hydrogens (tertiary/aromatic N) is 1. The Bertz CT molecular complexity index is 528. The summed E-state index contributed by atoms with van der Waals surface area (Å²) in [5, 5.41) is 0. The van der Waals surface area contributed by atoms with Crippen LogP contribution in [0, 0.1) is 0 Å². The van der Waals surface area contributed by atoms with Gasteiger partial charge in [0.15, 0.2) is 0 Å². The fraction of sp³-hybridized carbons (Fsp3) is 0.571. The summed E-state index contributed by atoms with van der Waals surface area (Å²) in [6.07, 6.45) is 2.51. The zero-order valence-corrected chi connectivity index (χ0v) is 12.6. The minimum atomic E-state index is -3.42. The van der Waals surface area contributed by atoms with E-state index in [9.17, 15) is 8.42 Å². The molecular weight excluding hydrogens is 276 g/mol. The van der Waals surface area contributed by atoms with E-state index in [1.54, 1.807) is 19.2 Å². The number of sulfonamides is 1. The SMILES string of the molecule is COCCc1ccc(S(=O)(=O)N2CCCC2CN)cc1. The Balaban J connectivity index is 2.17. The van der Waals surface area contributed by atoms with Gasteiger partial charge in [0.05, 0.1) is 11.5 Å². The average Bonchev–Trinajstić information content (AvgIpc) is 2.95. The summed E-state index contributed by atoms with van der Waals surface area (Å²) < 4.78 is 31.7. The molecule has 0 saturated carbocycles. The van der Waals surface area contributed by atoms with Crippen LogP contribution in [0.3, 0.4) is 0 Å². The molecule has 20 heavy (non-hydrogen) atoms. The van der Waals surface area contributed by atoms with Crippen molar-refractivity contribution < 1.29 is 13.2 Å². The minimum absolute atomic E-state index is 0.0619. The Hall–Kier alpha value is -0.950. The van der Waals surface area contributed by atoms with Crippen LogP contribution < -0.4 is 5.73 Å². The number of methoxy groups -OCH3 is 1. The number of ether oxygens (including phenoxy) is 1. The second-order valence-electron chi connectivity index (χ2n) is 5.03. The lowest BCUT2D eigenvalue weighted by molar-refractivity contribution is 0.202. The molecule has 6 heteroatoms. The van der Waals surface area contributed by atoms with Gasteiger partial charge in [0.25, 0.3) is 0 Å². The van der Waals surface area contributed by atoms with Crippen molar-refractivity contribution in [3.05, 3.63) is 29.8 Å². The fourth-order valence-electron chi connectivity index (χ4n) is 2.54. The van der Waals surface area contributed by atoms with E-state index < -0.39 is 10.0 Å². The molecule has 1 aliphatic rings. The van der Waals surface area contributed by atoms with E-state index in [1.807, 2.05) is 12.1 Å². The van der Waals surface area contributed by atoms with Crippen molar-refractivity contribution in [2.75, 3.05) is 26.8 Å². The van der Waals surface area contributed by atoms with E-state index >= 15 is 0 Å². The van der Waals surface area contributed by atoms with E-state index in [1.165, 1.54) is 4.31 Å². The van der Waals surface area contributed by atoms with Crippen molar-refractivity contribution in [1.82, 2.24) is 4.31 Å². The van der Waals surface area contributed by atoms with E-state index in [-0.39, 0.29) is 6.04 Å². The Morgan fingerprint density at radius 3 is 2.65 bits per heavy atom. The maximum Gasteiger partial charge on any atom is 0.243 e. The van der Waals surface area contributed by atoms with E-state index in [0.29, 0.717) is 24.6 Å². The number of nitrogens with two attached hydrogens (primary N) is 1. The van der Waals surface area contributed by atoms with Crippen molar-refractivity contribution in [2.45, 2.75) is 30.2 Å². The fourth-order valence-corrected chi connectivity index (χ4v) is 4.25. The summed E-state index contributed by atoms with van der Waals surface area (Å²) in [4.78, 5) is 0.346. The largest absolute Gasteiger partial charge is 0.384 e. The van der Waals surface area contributed by atoms with Crippen LogP contribution in [0.4, 0.5) is 0 Å². The molecule has 1 atom stereocenters. The molecule has 5 nitrogen and oxygen atoms in total. The number of benzene rings is 1. The van der Waals surface area contributed by atoms with Crippen LogP contribution in [0.1, 0.15) is 18.4 Å². The Labute approximate surface area is 120 Å². The number of hydrogen-bond acceptors (Lipinski definition) is 4. The van der Waals surface area contributed by atoms with Gasteiger partial charge in [-0.25, -0.2) is 8.42 Å². The lowest BCUT2D eigenvalue weighted by Crippen LogP contribution is -2.39. The topological polar surface area (TPSA) is 72.6 Å². The van der Waals surface area contributed by atoms with Gasteiger partial charge >= 0.3 is 0 Å². The summed E-state index contributed by atoms with van der Waals surface area (Å²) in [5.74, 6) is 0. The highest BCUT2D eigenvalue weighted by atomic mass is 32.2. The molecule has 0 bridgehead atoms. The normalized spacial score (nSPS) is 20.4. The number of rotatable bonds is 6. The summed E-state index contributed by atoms with van der Waals surface area (Å²) in [6.45, 7) is 1.58. The molecule has 2 N–H and O–H groups in total. The van der Waals surface area contributed by atoms with Gasteiger partial charge in [-0.2, -0.15) is 4.31 Å². The predicted octanol–water partition coefficient (Wildman–Crippen LogP) is 0.987. The van der Waals surface area contributed by atoms with Crippen LogP contribution in [0.15, 0.2) is 29.2 Å². The molecule has 1 unspecified atom stereocenters. The monoisotopic (exact) mass is 298 g/mol. The molecule has 0 amide bonds. The molecule has 2 rings (SSSR count). The molecule has 1 saturated heterocycles. The molecule has 0 aromatic heterocycles. The smallest absolute Gasteiger partial charge is 0.243 e. The molecule has 112 valence electrons. The van der Waals surface area contributed by atoms with Crippen molar-refractivity contribution in [3.63, 3.8) is 0 Å². The number of hydrogen-bond donors (Lipinski definition) is 1. The molecule has 1 heterocycles. The zero-order chi connectivity index (χ0) is 14.6. The van der Waals surface area contributed by atoms with Gasteiger partial charge in [-0.1, -0.05) is 12.1 Å². The maximum atomic E-state index is 12.6. The van der Waals surface area contributed by atoms with Crippen LogP contribution in [0.5, 0.6) is 0 Å². The highest BCUT2D eigenvalue weighted by Crippen LogP contribution is 2.25. The molecule has 1 aromatic carbocycles. The molecule has 1 aliphatic heterocycles. The average molecular weight is 298 g/mol. The first kappa shape index (κ1) is 15.4. The highest BCUT2D eigenvalue weighted by molar-refractivity contribution is 7.89. The minimum Gasteiger partial charge on any atom is -0.384 e. The van der Waals surface area contributed by atoms with Gasteiger partial charge in [-0.15, -0.1) is 0 Å². The zero-order valence-electron chi connectivity index (χ0n) is 11.8. The maximum absolute atomic E-state index is 12.6. The van der Waals surface area contributed by atoms with E-state index in [4.69, 9.17) is 10.5 Å². The van der Waals surface area contributed by atoms with Gasteiger partial charge in [-0.05, 0) is 37.0 Å². The summed E-state index contributed by atoms with van der Waals surface area (Å²) in [6, 6.07) is 6.98. The van der Waals surface area contributed by atoms with Crippen molar-refractivity contribution in [1.29, 1.82) is 0 Å². The lowest BCUT2D eigenvalue weighted by Gasteiger charge is -2.22. The molecular formula is C14H22N2O3S. The lowest BCUT2D eigenvalue weighted by atomic mass is 10.2. The molecule has 0 radical (unpaired) electrons. The first-order chi connectivity index (χ1) is 9.59. The van der Waals surface area contributed by atoms with Crippen LogP contribution in [0.25, 0.3) is 0 Å². The van der Waals surface area contributed by atoms with Crippen molar-refractivity contribution in [3.8, 4) is 0 Å². The highest BCUT2D eigenvalue weighted by Gasteiger charge is 2.34. The van der Waals surface area contributed by atoms with Crippen LogP contribution in [0.2, 0.25) is 0 Å². The predicted molar refractivity (Wildman–Crippen MR) is 78.0 cm³/mol. The third-order valence-corrected chi connectivity index (χ3v) is 5.69. The van der Waals surface area contributed by atoms with Crippen molar-refractivity contribution >= 4 is 10.0 Å². The van der Waals surface area contributed by atoms with Crippen LogP contribution in [-0.2, 0) is 21.2 Å². The Kier molecular flexibility index (Phi) is 5.15. The van der Waals surface area contributed by atoms with Gasteiger partial charge in [0.2, 0.25) is 10.0 Å². The van der Waals surface area contributed by atoms with Gasteiger partial charge in [0.1, 0.15) is 0 Å². The van der Waals surface area contributed by atoms with Crippen molar-refractivity contribution in [2.24, 2.45) is 5.73 Å². The van der Waals surface area contributed by atoms with E-state index in [2.05, 4.69) is 0 Å². The third kappa shape index (κ3) is 3.20. The molecule has 1 aromatic rings. The second-order valence-corrected chi connectivity index (χ2v) is 6.92. The van der Waals surface area contributed by atoms with Gasteiger partial charge < -0.3 is 10.5 Å². The molecule has 0 aliphatic carbocycles. The molecule has 0 spiro atoms. The Morgan fingerprint density at radius 1 is 1.35 bits per heavy atom. The Morgan fingerprint density at radius 2 is 2.05 bits per heavy atom. The standard InChI is InChI=1S/C14H22N2O3S/c1-19-10-8-12-4-6-14(7-5-12)20(17,18)16-9-2-3-13(16)11-15/h4-7,13H,2-3,8-11,15H2,1H3. The van der Waals surface area contributed by atoms with Crippen LogP contribution >= 0.6 is 0 Å². The summed E-state index contributed by atoms with van der Waals surface area (Å²) in [7, 11) is -1.76. The summed E-state index contributed by atoms with van der Waals surface area (Å²) >= 11 is 0. The van der Waals surface area contributed by atoms with Crippen LogP contribution in [-0.4, -0.2) is 45.6 Å². The first-order valence-corrected chi connectivity index (χ1v) is 8.33. The van der Waals surface area contributed by atoms with Gasteiger partial charge in [-0.3, -0.25) is 0 Å². The second kappa shape index (κ2) is 6.67.